The van der Waals surface area contributed by atoms with Gasteiger partial charge in [-0.3, -0.25) is 0 Å². The smallest absolute Gasteiger partial charge is 0.155 e. The minimum atomic E-state index is -5.53. The number of rotatable bonds is 7. The number of halogens is 7. The summed E-state index contributed by atoms with van der Waals surface area (Å²) in [6, 6.07) is 15.2. The van der Waals surface area contributed by atoms with Crippen LogP contribution < -0.4 is 0 Å². The van der Waals surface area contributed by atoms with Crippen LogP contribution in [0.25, 0.3) is 0 Å². The first-order valence-corrected chi connectivity index (χ1v) is 9.51. The van der Waals surface area contributed by atoms with Crippen molar-refractivity contribution in [2.75, 3.05) is 6.54 Å². The summed E-state index contributed by atoms with van der Waals surface area (Å²) < 4.78 is 79.6. The van der Waals surface area contributed by atoms with Crippen LogP contribution in [0.15, 0.2) is 54.6 Å². The third-order valence-electron chi connectivity index (χ3n) is 5.27. The topological polar surface area (TPSA) is 3.24 Å². The fourth-order valence-electron chi connectivity index (χ4n) is 3.72. The average molecular weight is 438 g/mol. The van der Waals surface area contributed by atoms with Crippen LogP contribution in [-0.2, 0) is 5.41 Å². The van der Waals surface area contributed by atoms with Crippen LogP contribution in [0.1, 0.15) is 37.8 Å². The average Bonchev–Trinajstić information content (AvgIpc) is 2.63. The second-order valence-electron chi connectivity index (χ2n) is 7.11. The van der Waals surface area contributed by atoms with Gasteiger partial charge in [0.2, 0.25) is 0 Å². The zero-order chi connectivity index (χ0) is 21.9. The first-order chi connectivity index (χ1) is 13.4. The summed E-state index contributed by atoms with van der Waals surface area (Å²) in [5.74, 6) is -0.975. The molecule has 0 fully saturated rings. The quantitative estimate of drug-likeness (QED) is 0.322. The van der Waals surface area contributed by atoms with Crippen molar-refractivity contribution in [2.45, 2.75) is 44.7 Å². The van der Waals surface area contributed by atoms with Crippen molar-refractivity contribution in [3.05, 3.63) is 70.7 Å². The van der Waals surface area contributed by atoms with E-state index in [9.17, 15) is 26.3 Å². The molecule has 29 heavy (non-hydrogen) atoms. The molecule has 0 aromatic heterocycles. The van der Waals surface area contributed by atoms with Gasteiger partial charge in [0, 0.05) is 17.0 Å². The van der Waals surface area contributed by atoms with E-state index in [0.29, 0.717) is 22.6 Å². The van der Waals surface area contributed by atoms with E-state index in [1.807, 2.05) is 0 Å². The van der Waals surface area contributed by atoms with Crippen molar-refractivity contribution in [2.24, 2.45) is 5.92 Å². The Labute approximate surface area is 171 Å². The Balaban J connectivity index is 2.64. The van der Waals surface area contributed by atoms with Gasteiger partial charge in [0.05, 0.1) is 0 Å². The molecule has 0 saturated heterocycles. The highest BCUT2D eigenvalue weighted by Crippen LogP contribution is 2.45. The SMILES string of the molecule is CCCC(CN(C(F)(F)F)C(F)(F)F)C(C)(c1ccccc1)c1cccc(Cl)c1. The third-order valence-corrected chi connectivity index (χ3v) is 5.50. The Morgan fingerprint density at radius 3 is 1.90 bits per heavy atom. The summed E-state index contributed by atoms with van der Waals surface area (Å²) in [7, 11) is 0. The van der Waals surface area contributed by atoms with Crippen LogP contribution in [0.3, 0.4) is 0 Å². The standard InChI is InChI=1S/C21H22ClF6N/c1-3-8-17(14-29(20(23,24)25)21(26,27)28)19(2,15-9-5-4-6-10-15)16-11-7-12-18(22)13-16/h4-7,9-13,17H,3,8,14H2,1-2H3. The third kappa shape index (κ3) is 5.45. The van der Waals surface area contributed by atoms with Gasteiger partial charge in [0.25, 0.3) is 0 Å². The zero-order valence-corrected chi connectivity index (χ0v) is 16.7. The molecule has 1 nitrogen and oxygen atoms in total. The van der Waals surface area contributed by atoms with Crippen LogP contribution in [-0.4, -0.2) is 24.0 Å². The van der Waals surface area contributed by atoms with E-state index in [-0.39, 0.29) is 6.42 Å². The molecule has 0 saturated carbocycles. The first kappa shape index (κ1) is 23.5. The second-order valence-corrected chi connectivity index (χ2v) is 7.55. The molecular formula is C21H22ClF6N. The Hall–Kier alpha value is -1.73. The Morgan fingerprint density at radius 1 is 0.862 bits per heavy atom. The molecule has 0 aliphatic rings. The second kappa shape index (κ2) is 8.96. The highest BCUT2D eigenvalue weighted by Gasteiger charge is 2.55. The minimum Gasteiger partial charge on any atom is -0.155 e. The predicted molar refractivity (Wildman–Crippen MR) is 102 cm³/mol. The van der Waals surface area contributed by atoms with Crippen LogP contribution >= 0.6 is 11.6 Å². The van der Waals surface area contributed by atoms with Crippen molar-refractivity contribution in [1.29, 1.82) is 0 Å². The molecular weight excluding hydrogens is 416 g/mol. The van der Waals surface area contributed by atoms with E-state index in [0.717, 1.165) is 0 Å². The molecule has 2 unspecified atom stereocenters. The molecule has 0 radical (unpaired) electrons. The lowest BCUT2D eigenvalue weighted by Gasteiger charge is -2.42. The summed E-state index contributed by atoms with van der Waals surface area (Å²) in [4.78, 5) is -1.33. The van der Waals surface area contributed by atoms with Crippen LogP contribution in [0.5, 0.6) is 0 Å². The summed E-state index contributed by atoms with van der Waals surface area (Å²) in [5, 5.41) is 0.364. The lowest BCUT2D eigenvalue weighted by atomic mass is 9.65. The van der Waals surface area contributed by atoms with Crippen molar-refractivity contribution in [3.8, 4) is 0 Å². The monoisotopic (exact) mass is 437 g/mol. The van der Waals surface area contributed by atoms with Gasteiger partial charge in [-0.05, 0) is 35.6 Å². The molecule has 160 valence electrons. The van der Waals surface area contributed by atoms with E-state index in [2.05, 4.69) is 0 Å². The van der Waals surface area contributed by atoms with E-state index < -0.39 is 35.4 Å². The normalized spacial score (nSPS) is 15.9. The van der Waals surface area contributed by atoms with Crippen molar-refractivity contribution < 1.29 is 26.3 Å². The van der Waals surface area contributed by atoms with Crippen LogP contribution in [0.2, 0.25) is 5.02 Å². The Morgan fingerprint density at radius 2 is 1.41 bits per heavy atom. The van der Waals surface area contributed by atoms with Gasteiger partial charge in [-0.15, -0.1) is 4.90 Å². The lowest BCUT2D eigenvalue weighted by molar-refractivity contribution is -0.376. The Bertz CT molecular complexity index is 776. The van der Waals surface area contributed by atoms with E-state index in [1.165, 1.54) is 0 Å². The predicted octanol–water partition coefficient (Wildman–Crippen LogP) is 7.40. The van der Waals surface area contributed by atoms with Gasteiger partial charge in [-0.1, -0.05) is 74.3 Å². The maximum Gasteiger partial charge on any atom is 0.467 e. The number of hydrogen-bond donors (Lipinski definition) is 0. The molecule has 0 bridgehead atoms. The summed E-state index contributed by atoms with van der Waals surface area (Å²) >= 11 is 6.10. The molecule has 2 atom stereocenters. The molecule has 2 rings (SSSR count). The number of alkyl halides is 6. The van der Waals surface area contributed by atoms with Gasteiger partial charge in [0.15, 0.2) is 0 Å². The van der Waals surface area contributed by atoms with Gasteiger partial charge >= 0.3 is 12.6 Å². The highest BCUT2D eigenvalue weighted by molar-refractivity contribution is 6.30. The minimum absolute atomic E-state index is 0.167. The van der Waals surface area contributed by atoms with Crippen LogP contribution in [0, 0.1) is 5.92 Å². The molecule has 8 heteroatoms. The van der Waals surface area contributed by atoms with Gasteiger partial charge in [-0.2, -0.15) is 26.3 Å². The first-order valence-electron chi connectivity index (χ1n) is 9.13. The number of nitrogens with zero attached hydrogens (tertiary/aromatic N) is 1. The molecule has 0 N–H and O–H groups in total. The van der Waals surface area contributed by atoms with E-state index >= 15 is 0 Å². The van der Waals surface area contributed by atoms with Gasteiger partial charge < -0.3 is 0 Å². The molecule has 0 heterocycles. The summed E-state index contributed by atoms with van der Waals surface area (Å²) in [6.07, 6.45) is -10.5. The number of hydrogen-bond acceptors (Lipinski definition) is 1. The maximum atomic E-state index is 13.3. The maximum absolute atomic E-state index is 13.3. The van der Waals surface area contributed by atoms with Crippen molar-refractivity contribution >= 4 is 11.6 Å². The fourth-order valence-corrected chi connectivity index (χ4v) is 3.91. The van der Waals surface area contributed by atoms with Crippen LogP contribution in [0.4, 0.5) is 26.3 Å². The van der Waals surface area contributed by atoms with Crippen molar-refractivity contribution in [1.82, 2.24) is 4.90 Å². The fraction of sp³-hybridized carbons (Fsp3) is 0.429. The summed E-state index contributed by atoms with van der Waals surface area (Å²) in [6.45, 7) is 2.21. The van der Waals surface area contributed by atoms with E-state index in [4.69, 9.17) is 11.6 Å². The largest absolute Gasteiger partial charge is 0.467 e. The number of benzene rings is 2. The Kier molecular flexibility index (Phi) is 7.28. The van der Waals surface area contributed by atoms with Gasteiger partial charge in [-0.25, -0.2) is 0 Å². The molecule has 2 aromatic rings. The molecule has 2 aromatic carbocycles. The van der Waals surface area contributed by atoms with Gasteiger partial charge in [0.1, 0.15) is 0 Å². The highest BCUT2D eigenvalue weighted by atomic mass is 35.5. The molecule has 0 amide bonds. The zero-order valence-electron chi connectivity index (χ0n) is 16.0. The van der Waals surface area contributed by atoms with E-state index in [1.54, 1.807) is 68.4 Å². The molecule has 0 aliphatic carbocycles. The molecule has 0 spiro atoms. The molecule has 0 aliphatic heterocycles. The lowest BCUT2D eigenvalue weighted by Crippen LogP contribution is -2.53. The summed E-state index contributed by atoms with van der Waals surface area (Å²) in [5.41, 5.74) is 0.0839. The van der Waals surface area contributed by atoms with Crippen molar-refractivity contribution in [3.63, 3.8) is 0 Å².